The zero-order valence-corrected chi connectivity index (χ0v) is 52.1. The predicted octanol–water partition coefficient (Wildman–Crippen LogP) is 23.2. The average molecular weight is 1100 g/mol. The number of carbonyl (C=O) groups excluding carboxylic acids is 3. The smallest absolute Gasteiger partial charge is 0.306 e. The summed E-state index contributed by atoms with van der Waals surface area (Å²) in [6, 6.07) is 0. The number of esters is 3. The molecule has 0 heterocycles. The molecule has 0 rings (SSSR count). The van der Waals surface area contributed by atoms with Crippen molar-refractivity contribution in [3.8, 4) is 0 Å². The van der Waals surface area contributed by atoms with Crippen molar-refractivity contribution in [1.29, 1.82) is 0 Å². The summed E-state index contributed by atoms with van der Waals surface area (Å²) in [5, 5.41) is 0. The van der Waals surface area contributed by atoms with Crippen LogP contribution in [0.5, 0.6) is 0 Å². The van der Waals surface area contributed by atoms with Gasteiger partial charge in [0.15, 0.2) is 6.10 Å². The molecule has 0 spiro atoms. The van der Waals surface area contributed by atoms with E-state index in [4.69, 9.17) is 14.2 Å². The number of carbonyl (C=O) groups is 3. The molecular formula is C73H126O6. The fourth-order valence-electron chi connectivity index (χ4n) is 9.47. The van der Waals surface area contributed by atoms with E-state index in [1.54, 1.807) is 0 Å². The molecule has 0 saturated carbocycles. The fraction of sp³-hybridized carbons (Fsp3) is 0.740. The van der Waals surface area contributed by atoms with E-state index < -0.39 is 6.10 Å². The average Bonchev–Trinajstić information content (AvgIpc) is 3.45. The molecule has 0 fully saturated rings. The van der Waals surface area contributed by atoms with Crippen LogP contribution in [-0.2, 0) is 28.6 Å². The Bertz CT molecular complexity index is 1540. The predicted molar refractivity (Wildman–Crippen MR) is 344 cm³/mol. The van der Waals surface area contributed by atoms with E-state index in [0.29, 0.717) is 19.3 Å². The van der Waals surface area contributed by atoms with Crippen LogP contribution in [0.15, 0.2) is 97.2 Å². The van der Waals surface area contributed by atoms with Crippen LogP contribution in [0.1, 0.15) is 329 Å². The van der Waals surface area contributed by atoms with E-state index in [1.807, 2.05) is 0 Å². The van der Waals surface area contributed by atoms with Crippen LogP contribution in [0.4, 0.5) is 0 Å². The fourth-order valence-corrected chi connectivity index (χ4v) is 9.47. The molecule has 0 aliphatic carbocycles. The maximum Gasteiger partial charge on any atom is 0.306 e. The number of rotatable bonds is 61. The van der Waals surface area contributed by atoms with Crippen molar-refractivity contribution in [2.24, 2.45) is 0 Å². The van der Waals surface area contributed by atoms with Crippen molar-refractivity contribution in [2.45, 2.75) is 335 Å². The minimum absolute atomic E-state index is 0.0845. The third-order valence-corrected chi connectivity index (χ3v) is 14.5. The maximum absolute atomic E-state index is 12.9. The maximum atomic E-state index is 12.9. The quantitative estimate of drug-likeness (QED) is 0.0261. The van der Waals surface area contributed by atoms with Crippen molar-refractivity contribution in [1.82, 2.24) is 0 Å². The van der Waals surface area contributed by atoms with E-state index in [2.05, 4.69) is 118 Å². The van der Waals surface area contributed by atoms with Gasteiger partial charge < -0.3 is 14.2 Å². The first-order chi connectivity index (χ1) is 39.0. The second kappa shape index (κ2) is 66.8. The summed E-state index contributed by atoms with van der Waals surface area (Å²) in [5.41, 5.74) is 0. The summed E-state index contributed by atoms with van der Waals surface area (Å²) in [6.45, 7) is 6.45. The van der Waals surface area contributed by atoms with Crippen molar-refractivity contribution in [3.05, 3.63) is 97.2 Å². The Morgan fingerprint density at radius 2 is 0.494 bits per heavy atom. The molecule has 6 nitrogen and oxygen atoms in total. The third-order valence-electron chi connectivity index (χ3n) is 14.5. The standard InChI is InChI=1S/C73H126O6/c1-4-7-10-13-16-19-22-25-28-29-30-31-32-33-34-35-36-37-38-39-40-41-42-43-44-45-46-49-51-54-57-60-63-66-72(75)78-69-70(79-73(76)67-64-61-58-55-52-48-27-24-21-18-15-12-9-6-3)68-77-71(74)65-62-59-56-53-50-47-26-23-20-17-14-11-8-5-2/h7,10,14-19,23-28,30-31,70H,4-6,8-9,11-13,20-22,29,32-69H2,1-3H3/b10-7-,17-14-,18-15-,19-16-,26-23-,27-24-,28-25-,31-30-. The molecule has 0 aromatic rings. The largest absolute Gasteiger partial charge is 0.462 e. The van der Waals surface area contributed by atoms with E-state index in [0.717, 1.165) is 128 Å². The van der Waals surface area contributed by atoms with Crippen molar-refractivity contribution in [2.75, 3.05) is 13.2 Å². The molecule has 0 aliphatic heterocycles. The van der Waals surface area contributed by atoms with Crippen molar-refractivity contribution in [3.63, 3.8) is 0 Å². The lowest BCUT2D eigenvalue weighted by atomic mass is 10.0. The summed E-state index contributed by atoms with van der Waals surface area (Å²) in [6.07, 6.45) is 90.1. The number of unbranched alkanes of at least 4 members (excludes halogenated alkanes) is 34. The Morgan fingerprint density at radius 3 is 0.772 bits per heavy atom. The Morgan fingerprint density at radius 1 is 0.266 bits per heavy atom. The number of hydrogen-bond acceptors (Lipinski definition) is 6. The minimum atomic E-state index is -0.790. The van der Waals surface area contributed by atoms with Crippen LogP contribution in [0, 0.1) is 0 Å². The molecule has 454 valence electrons. The highest BCUT2D eigenvalue weighted by molar-refractivity contribution is 5.71. The Hall–Kier alpha value is -3.67. The second-order valence-corrected chi connectivity index (χ2v) is 22.3. The summed E-state index contributed by atoms with van der Waals surface area (Å²) in [5.74, 6) is -0.901. The first-order valence-electron chi connectivity index (χ1n) is 33.7. The summed E-state index contributed by atoms with van der Waals surface area (Å²) in [7, 11) is 0. The lowest BCUT2D eigenvalue weighted by molar-refractivity contribution is -0.167. The molecule has 1 unspecified atom stereocenters. The number of hydrogen-bond donors (Lipinski definition) is 0. The second-order valence-electron chi connectivity index (χ2n) is 22.3. The van der Waals surface area contributed by atoms with Crippen molar-refractivity contribution < 1.29 is 28.6 Å². The molecule has 1 atom stereocenters. The first-order valence-corrected chi connectivity index (χ1v) is 33.7. The topological polar surface area (TPSA) is 78.9 Å². The highest BCUT2D eigenvalue weighted by atomic mass is 16.6. The molecule has 0 bridgehead atoms. The summed E-state index contributed by atoms with van der Waals surface area (Å²) < 4.78 is 16.9. The molecule has 0 aliphatic rings. The van der Waals surface area contributed by atoms with Crippen LogP contribution in [0.2, 0.25) is 0 Å². The molecule has 0 N–H and O–H groups in total. The van der Waals surface area contributed by atoms with Gasteiger partial charge in [0.1, 0.15) is 13.2 Å². The molecule has 79 heavy (non-hydrogen) atoms. The van der Waals surface area contributed by atoms with Gasteiger partial charge >= 0.3 is 17.9 Å². The van der Waals surface area contributed by atoms with Crippen LogP contribution < -0.4 is 0 Å². The van der Waals surface area contributed by atoms with Gasteiger partial charge in [-0.2, -0.15) is 0 Å². The van der Waals surface area contributed by atoms with Gasteiger partial charge in [0.25, 0.3) is 0 Å². The van der Waals surface area contributed by atoms with Crippen LogP contribution in [0.3, 0.4) is 0 Å². The van der Waals surface area contributed by atoms with E-state index in [-0.39, 0.29) is 31.1 Å². The number of allylic oxidation sites excluding steroid dienone is 16. The molecule has 0 radical (unpaired) electrons. The van der Waals surface area contributed by atoms with Gasteiger partial charge in [0.05, 0.1) is 0 Å². The third kappa shape index (κ3) is 65.0. The van der Waals surface area contributed by atoms with Gasteiger partial charge in [-0.05, 0) is 109 Å². The zero-order valence-electron chi connectivity index (χ0n) is 52.1. The molecule has 0 saturated heterocycles. The molecular weight excluding hydrogens is 973 g/mol. The van der Waals surface area contributed by atoms with E-state index in [1.165, 1.54) is 161 Å². The molecule has 0 amide bonds. The lowest BCUT2D eigenvalue weighted by Crippen LogP contribution is -2.30. The van der Waals surface area contributed by atoms with Gasteiger partial charge in [-0.25, -0.2) is 0 Å². The first kappa shape index (κ1) is 75.3. The molecule has 0 aromatic heterocycles. The van der Waals surface area contributed by atoms with Crippen LogP contribution in [-0.4, -0.2) is 37.2 Å². The van der Waals surface area contributed by atoms with E-state index >= 15 is 0 Å². The van der Waals surface area contributed by atoms with Crippen LogP contribution >= 0.6 is 0 Å². The SMILES string of the molecule is CC/C=C\C/C=C\C/C=C\C/C=C\CCCCCCCCCCCCCCCCCCCCCCC(=O)OCC(COC(=O)CCCCCCC/C=C\C/C=C\CCCC)OC(=O)CCCCCCC/C=C\C/C=C\CCCC. The Balaban J connectivity index is 4.14. The Kier molecular flexibility index (Phi) is 63.7. The Labute approximate surface area is 489 Å². The van der Waals surface area contributed by atoms with Crippen LogP contribution in [0.25, 0.3) is 0 Å². The highest BCUT2D eigenvalue weighted by Crippen LogP contribution is 2.17. The van der Waals surface area contributed by atoms with Gasteiger partial charge in [-0.15, -0.1) is 0 Å². The molecule has 6 heteroatoms. The van der Waals surface area contributed by atoms with Gasteiger partial charge in [-0.3, -0.25) is 14.4 Å². The highest BCUT2D eigenvalue weighted by Gasteiger charge is 2.19. The zero-order chi connectivity index (χ0) is 57.1. The summed E-state index contributed by atoms with van der Waals surface area (Å²) >= 11 is 0. The van der Waals surface area contributed by atoms with E-state index in [9.17, 15) is 14.4 Å². The lowest BCUT2D eigenvalue weighted by Gasteiger charge is -2.18. The minimum Gasteiger partial charge on any atom is -0.462 e. The number of ether oxygens (including phenoxy) is 3. The monoisotopic (exact) mass is 1100 g/mol. The molecule has 0 aromatic carbocycles. The van der Waals surface area contributed by atoms with Gasteiger partial charge in [0.2, 0.25) is 0 Å². The normalized spacial score (nSPS) is 12.7. The van der Waals surface area contributed by atoms with Gasteiger partial charge in [0, 0.05) is 19.3 Å². The summed E-state index contributed by atoms with van der Waals surface area (Å²) in [4.78, 5) is 38.3. The van der Waals surface area contributed by atoms with Gasteiger partial charge in [-0.1, -0.05) is 298 Å². The van der Waals surface area contributed by atoms with Crippen molar-refractivity contribution >= 4 is 17.9 Å².